The van der Waals surface area contributed by atoms with Crippen molar-refractivity contribution < 1.29 is 8.78 Å². The second-order valence-corrected chi connectivity index (χ2v) is 4.19. The highest BCUT2D eigenvalue weighted by Gasteiger charge is 2.34. The first-order chi connectivity index (χ1) is 7.53. The molecule has 1 saturated carbocycles. The maximum Gasteiger partial charge on any atom is 0.248 e. The van der Waals surface area contributed by atoms with Gasteiger partial charge in [0, 0.05) is 25.9 Å². The van der Waals surface area contributed by atoms with Crippen LogP contribution in [0.3, 0.4) is 0 Å². The molecule has 0 unspecified atom stereocenters. The Bertz CT molecular complexity index is 254. The van der Waals surface area contributed by atoms with E-state index in [9.17, 15) is 8.78 Å². The topological polar surface area (TPSA) is 50.4 Å². The van der Waals surface area contributed by atoms with Gasteiger partial charge in [-0.2, -0.15) is 0 Å². The summed E-state index contributed by atoms with van der Waals surface area (Å²) in [6, 6.07) is 0. The monoisotopic (exact) mass is 231 g/mol. The van der Waals surface area contributed by atoms with Crippen LogP contribution in [0.25, 0.3) is 0 Å². The third-order valence-corrected chi connectivity index (χ3v) is 2.78. The summed E-state index contributed by atoms with van der Waals surface area (Å²) in [7, 11) is 0. The summed E-state index contributed by atoms with van der Waals surface area (Å²) in [4.78, 5) is 4.12. The molecule has 0 bridgehead atoms. The zero-order valence-electron chi connectivity index (χ0n) is 9.38. The molecular weight excluding hydrogens is 212 g/mol. The van der Waals surface area contributed by atoms with Crippen LogP contribution in [0.5, 0.6) is 0 Å². The molecule has 3 nitrogen and oxygen atoms in total. The zero-order chi connectivity index (χ0) is 12.0. The Morgan fingerprint density at radius 1 is 1.50 bits per heavy atom. The van der Waals surface area contributed by atoms with E-state index in [4.69, 9.17) is 5.73 Å². The minimum absolute atomic E-state index is 0.0207. The van der Waals surface area contributed by atoms with Crippen LogP contribution in [0.4, 0.5) is 8.78 Å². The summed E-state index contributed by atoms with van der Waals surface area (Å²) < 4.78 is 25.7. The molecule has 0 aromatic rings. The van der Waals surface area contributed by atoms with Crippen LogP contribution in [-0.2, 0) is 0 Å². The Labute approximate surface area is 94.8 Å². The first kappa shape index (κ1) is 12.9. The number of halogens is 2. The van der Waals surface area contributed by atoms with E-state index < -0.39 is 5.92 Å². The molecule has 0 atom stereocenters. The molecule has 1 fully saturated rings. The first-order valence-electron chi connectivity index (χ1n) is 5.56. The van der Waals surface area contributed by atoms with Gasteiger partial charge in [0.1, 0.15) is 0 Å². The second-order valence-electron chi connectivity index (χ2n) is 4.19. The van der Waals surface area contributed by atoms with Crippen molar-refractivity contribution in [2.24, 2.45) is 16.6 Å². The van der Waals surface area contributed by atoms with Crippen LogP contribution < -0.4 is 11.1 Å². The third kappa shape index (κ3) is 4.59. The van der Waals surface area contributed by atoms with Crippen molar-refractivity contribution >= 4 is 5.96 Å². The molecule has 0 heterocycles. The maximum absolute atomic E-state index is 12.9. The summed E-state index contributed by atoms with van der Waals surface area (Å²) >= 11 is 0. The number of nitrogens with zero attached hydrogens (tertiary/aromatic N) is 1. The van der Waals surface area contributed by atoms with Gasteiger partial charge >= 0.3 is 0 Å². The maximum atomic E-state index is 12.9. The summed E-state index contributed by atoms with van der Waals surface area (Å²) in [5, 5.41) is 2.85. The van der Waals surface area contributed by atoms with Gasteiger partial charge in [-0.15, -0.1) is 6.58 Å². The number of nitrogens with one attached hydrogen (secondary N) is 1. The average Bonchev–Trinajstić information content (AvgIpc) is 2.25. The summed E-state index contributed by atoms with van der Waals surface area (Å²) in [5.74, 6) is -1.87. The van der Waals surface area contributed by atoms with E-state index >= 15 is 0 Å². The quantitative estimate of drug-likeness (QED) is 0.441. The number of alkyl halides is 2. The molecule has 0 saturated heterocycles. The minimum Gasteiger partial charge on any atom is -0.370 e. The van der Waals surface area contributed by atoms with Gasteiger partial charge in [0.05, 0.1) is 0 Å². The lowest BCUT2D eigenvalue weighted by Crippen LogP contribution is -2.33. The fraction of sp³-hybridized carbons (Fsp3) is 0.727. The number of hydrogen-bond donors (Lipinski definition) is 2. The van der Waals surface area contributed by atoms with Crippen molar-refractivity contribution in [2.45, 2.75) is 31.6 Å². The molecule has 1 rings (SSSR count). The fourth-order valence-electron chi connectivity index (χ4n) is 1.74. The molecule has 0 aromatic carbocycles. The van der Waals surface area contributed by atoms with E-state index in [0.29, 0.717) is 31.9 Å². The predicted molar refractivity (Wildman–Crippen MR) is 61.6 cm³/mol. The van der Waals surface area contributed by atoms with Crippen molar-refractivity contribution in [2.75, 3.05) is 13.1 Å². The highest BCUT2D eigenvalue weighted by Crippen LogP contribution is 2.36. The van der Waals surface area contributed by atoms with Crippen molar-refractivity contribution in [1.82, 2.24) is 5.32 Å². The van der Waals surface area contributed by atoms with E-state index in [2.05, 4.69) is 16.9 Å². The Kier molecular flexibility index (Phi) is 4.71. The molecule has 0 aromatic heterocycles. The number of rotatable bonds is 4. The smallest absolute Gasteiger partial charge is 0.248 e. The van der Waals surface area contributed by atoms with Gasteiger partial charge < -0.3 is 11.1 Å². The minimum atomic E-state index is -2.47. The Morgan fingerprint density at radius 2 is 2.12 bits per heavy atom. The van der Waals surface area contributed by atoms with Gasteiger partial charge in [0.2, 0.25) is 5.92 Å². The van der Waals surface area contributed by atoms with Gasteiger partial charge in [-0.1, -0.05) is 6.08 Å². The first-order valence-corrected chi connectivity index (χ1v) is 5.56. The standard InChI is InChI=1S/C11H19F2N3/c1-2-7-15-10(14)16-8-9-3-5-11(12,13)6-4-9/h2,9H,1,3-8H2,(H3,14,15,16). The number of aliphatic imine (C=N–C) groups is 1. The van der Waals surface area contributed by atoms with Crippen LogP contribution >= 0.6 is 0 Å². The van der Waals surface area contributed by atoms with Crippen LogP contribution in [0.1, 0.15) is 25.7 Å². The molecule has 16 heavy (non-hydrogen) atoms. The number of guanidine groups is 1. The van der Waals surface area contributed by atoms with Gasteiger partial charge in [-0.3, -0.25) is 4.99 Å². The van der Waals surface area contributed by atoms with Crippen molar-refractivity contribution in [3.8, 4) is 0 Å². The molecule has 0 aliphatic heterocycles. The fourth-order valence-corrected chi connectivity index (χ4v) is 1.74. The van der Waals surface area contributed by atoms with Crippen LogP contribution in [0.15, 0.2) is 17.6 Å². The highest BCUT2D eigenvalue weighted by molar-refractivity contribution is 5.77. The third-order valence-electron chi connectivity index (χ3n) is 2.78. The molecule has 92 valence electrons. The van der Waals surface area contributed by atoms with Gasteiger partial charge in [0.15, 0.2) is 5.96 Å². The van der Waals surface area contributed by atoms with E-state index in [-0.39, 0.29) is 18.8 Å². The molecule has 5 heteroatoms. The highest BCUT2D eigenvalue weighted by atomic mass is 19.3. The molecule has 0 amide bonds. The van der Waals surface area contributed by atoms with Gasteiger partial charge in [0.25, 0.3) is 0 Å². The summed E-state index contributed by atoms with van der Waals surface area (Å²) in [5.41, 5.74) is 5.57. The van der Waals surface area contributed by atoms with E-state index in [1.165, 1.54) is 0 Å². The number of hydrogen-bond acceptors (Lipinski definition) is 1. The average molecular weight is 231 g/mol. The van der Waals surface area contributed by atoms with Crippen molar-refractivity contribution in [3.63, 3.8) is 0 Å². The van der Waals surface area contributed by atoms with Gasteiger partial charge in [-0.05, 0) is 18.8 Å². The van der Waals surface area contributed by atoms with E-state index in [0.717, 1.165) is 0 Å². The van der Waals surface area contributed by atoms with Crippen LogP contribution in [0, 0.1) is 5.92 Å². The Balaban J connectivity index is 2.26. The van der Waals surface area contributed by atoms with Crippen LogP contribution in [-0.4, -0.2) is 25.0 Å². The molecule has 1 aliphatic carbocycles. The molecular formula is C11H19F2N3. The second kappa shape index (κ2) is 5.82. The summed E-state index contributed by atoms with van der Waals surface area (Å²) in [6.45, 7) is 4.64. The van der Waals surface area contributed by atoms with Crippen molar-refractivity contribution in [3.05, 3.63) is 12.7 Å². The molecule has 1 aliphatic rings. The Morgan fingerprint density at radius 3 is 2.69 bits per heavy atom. The van der Waals surface area contributed by atoms with E-state index in [1.54, 1.807) is 6.08 Å². The lowest BCUT2D eigenvalue weighted by molar-refractivity contribution is -0.0446. The molecule has 3 N–H and O–H groups in total. The molecule has 0 radical (unpaired) electrons. The number of nitrogens with two attached hydrogens (primary N) is 1. The van der Waals surface area contributed by atoms with Crippen LogP contribution in [0.2, 0.25) is 0 Å². The summed E-state index contributed by atoms with van der Waals surface area (Å²) in [6.07, 6.45) is 2.71. The van der Waals surface area contributed by atoms with Gasteiger partial charge in [-0.25, -0.2) is 8.78 Å². The SMILES string of the molecule is C=CCNC(N)=NCC1CCC(F)(F)CC1. The lowest BCUT2D eigenvalue weighted by Gasteiger charge is -2.27. The molecule has 0 spiro atoms. The van der Waals surface area contributed by atoms with Crippen molar-refractivity contribution in [1.29, 1.82) is 0 Å². The zero-order valence-corrected chi connectivity index (χ0v) is 9.38. The largest absolute Gasteiger partial charge is 0.370 e. The Hall–Kier alpha value is -1.13. The predicted octanol–water partition coefficient (Wildman–Crippen LogP) is 1.90. The normalized spacial score (nSPS) is 21.8. The lowest BCUT2D eigenvalue weighted by atomic mass is 9.87. The van der Waals surface area contributed by atoms with E-state index in [1.807, 2.05) is 0 Å².